The van der Waals surface area contributed by atoms with Crippen molar-refractivity contribution >= 4 is 21.6 Å². The monoisotopic (exact) mass is 461 g/mol. The first-order valence-corrected chi connectivity index (χ1v) is 10.9. The summed E-state index contributed by atoms with van der Waals surface area (Å²) in [7, 11) is 3.80. The minimum atomic E-state index is -0.133. The summed E-state index contributed by atoms with van der Waals surface area (Å²) in [5.41, 5.74) is 3.18. The molecule has 3 heterocycles. The molecular weight excluding hydrogens is 434 g/mol. The summed E-state index contributed by atoms with van der Waals surface area (Å²) < 4.78 is 7.73. The molecule has 7 nitrogen and oxygen atoms in total. The lowest BCUT2D eigenvalue weighted by molar-refractivity contribution is 0.00757. The van der Waals surface area contributed by atoms with E-state index in [9.17, 15) is 4.79 Å². The molecule has 29 heavy (non-hydrogen) atoms. The van der Waals surface area contributed by atoms with Gasteiger partial charge in [-0.1, -0.05) is 24.3 Å². The van der Waals surface area contributed by atoms with Crippen molar-refractivity contribution < 1.29 is 4.74 Å². The van der Waals surface area contributed by atoms with Gasteiger partial charge in [0.25, 0.3) is 5.56 Å². The number of nitrogens with one attached hydrogen (secondary N) is 2. The van der Waals surface area contributed by atoms with Gasteiger partial charge in [0.15, 0.2) is 0 Å². The SMILES string of the molecule is CN1C[C@H](Nc2cnn(C)c(=O)c2Br)C[C@H](c2ccc(COC3CNC3)cc2)C1. The number of halogens is 1. The van der Waals surface area contributed by atoms with Crippen LogP contribution < -0.4 is 16.2 Å². The third kappa shape index (κ3) is 4.88. The molecule has 1 aromatic carbocycles. The van der Waals surface area contributed by atoms with Crippen LogP contribution >= 0.6 is 15.9 Å². The number of ether oxygens (including phenoxy) is 1. The Morgan fingerprint density at radius 3 is 2.69 bits per heavy atom. The summed E-state index contributed by atoms with van der Waals surface area (Å²) in [6, 6.07) is 9.07. The Bertz CT molecular complexity index is 897. The average molecular weight is 462 g/mol. The topological polar surface area (TPSA) is 71.4 Å². The summed E-state index contributed by atoms with van der Waals surface area (Å²) in [6.45, 7) is 4.54. The van der Waals surface area contributed by atoms with Gasteiger partial charge in [-0.3, -0.25) is 4.79 Å². The maximum Gasteiger partial charge on any atom is 0.282 e. The number of likely N-dealkylation sites (N-methyl/N-ethyl adjacent to an activating group) is 1. The van der Waals surface area contributed by atoms with E-state index >= 15 is 0 Å². The lowest BCUT2D eigenvalue weighted by atomic mass is 9.88. The van der Waals surface area contributed by atoms with Gasteiger partial charge in [-0.2, -0.15) is 5.10 Å². The first-order valence-electron chi connectivity index (χ1n) is 10.1. The molecule has 0 bridgehead atoms. The van der Waals surface area contributed by atoms with Crippen molar-refractivity contribution in [1.29, 1.82) is 0 Å². The molecule has 2 fully saturated rings. The number of rotatable bonds is 6. The second kappa shape index (κ2) is 8.95. The lowest BCUT2D eigenvalue weighted by Gasteiger charge is -2.37. The van der Waals surface area contributed by atoms with Crippen LogP contribution in [-0.2, 0) is 18.4 Å². The number of hydrogen-bond donors (Lipinski definition) is 2. The van der Waals surface area contributed by atoms with Crippen molar-refractivity contribution in [1.82, 2.24) is 20.0 Å². The third-order valence-electron chi connectivity index (χ3n) is 5.75. The fourth-order valence-electron chi connectivity index (χ4n) is 3.98. The Balaban J connectivity index is 1.40. The van der Waals surface area contributed by atoms with Gasteiger partial charge in [0, 0.05) is 39.3 Å². The summed E-state index contributed by atoms with van der Waals surface area (Å²) in [5.74, 6) is 0.440. The van der Waals surface area contributed by atoms with Gasteiger partial charge in [0.1, 0.15) is 4.47 Å². The average Bonchev–Trinajstić information content (AvgIpc) is 2.67. The van der Waals surface area contributed by atoms with Crippen LogP contribution in [0, 0.1) is 0 Å². The van der Waals surface area contributed by atoms with Crippen LogP contribution in [0.15, 0.2) is 39.7 Å². The molecule has 2 aliphatic heterocycles. The predicted molar refractivity (Wildman–Crippen MR) is 117 cm³/mol. The third-order valence-corrected chi connectivity index (χ3v) is 6.52. The number of aryl methyl sites for hydroxylation is 1. The molecule has 0 amide bonds. The zero-order chi connectivity index (χ0) is 20.4. The molecular formula is C21H28BrN5O2. The standard InChI is InChI=1S/C21H28BrN5O2/c1-26-11-16(15-5-3-14(4-6-15)13-29-18-8-23-9-18)7-17(12-26)25-19-10-24-27(2)21(28)20(19)22/h3-6,10,16-18,23,25H,7-9,11-13H2,1-2H3/t16-,17+/m0/s1. The molecule has 2 aliphatic rings. The Labute approximate surface area is 179 Å². The number of aromatic nitrogens is 2. The maximum absolute atomic E-state index is 12.1. The molecule has 8 heteroatoms. The largest absolute Gasteiger partial charge is 0.379 e. The van der Waals surface area contributed by atoms with E-state index in [2.05, 4.69) is 67.9 Å². The molecule has 2 aromatic rings. The van der Waals surface area contributed by atoms with Gasteiger partial charge in [-0.05, 0) is 46.4 Å². The van der Waals surface area contributed by atoms with E-state index in [0.29, 0.717) is 23.1 Å². The number of likely N-dealkylation sites (tertiary alicyclic amines) is 1. The highest BCUT2D eigenvalue weighted by atomic mass is 79.9. The normalized spacial score (nSPS) is 23.0. The number of piperidine rings is 1. The Morgan fingerprint density at radius 1 is 1.24 bits per heavy atom. The van der Waals surface area contributed by atoms with E-state index in [4.69, 9.17) is 4.74 Å². The number of nitrogens with zero attached hydrogens (tertiary/aromatic N) is 3. The van der Waals surface area contributed by atoms with Gasteiger partial charge < -0.3 is 20.3 Å². The van der Waals surface area contributed by atoms with E-state index in [1.807, 2.05) is 0 Å². The first kappa shape index (κ1) is 20.5. The van der Waals surface area contributed by atoms with Gasteiger partial charge >= 0.3 is 0 Å². The smallest absolute Gasteiger partial charge is 0.282 e. The van der Waals surface area contributed by atoms with Crippen molar-refractivity contribution in [3.05, 3.63) is 56.4 Å². The fourth-order valence-corrected chi connectivity index (χ4v) is 4.45. The van der Waals surface area contributed by atoms with Crippen LogP contribution in [0.25, 0.3) is 0 Å². The number of benzene rings is 1. The van der Waals surface area contributed by atoms with Crippen LogP contribution in [0.5, 0.6) is 0 Å². The minimum Gasteiger partial charge on any atom is -0.379 e. The van der Waals surface area contributed by atoms with E-state index in [1.54, 1.807) is 13.2 Å². The highest BCUT2D eigenvalue weighted by Crippen LogP contribution is 2.29. The molecule has 0 aliphatic carbocycles. The van der Waals surface area contributed by atoms with Crippen molar-refractivity contribution in [2.45, 2.75) is 31.1 Å². The molecule has 156 valence electrons. The van der Waals surface area contributed by atoms with E-state index < -0.39 is 0 Å². The van der Waals surface area contributed by atoms with Gasteiger partial charge in [-0.25, -0.2) is 4.68 Å². The highest BCUT2D eigenvalue weighted by molar-refractivity contribution is 9.10. The first-order chi connectivity index (χ1) is 14.0. The molecule has 2 saturated heterocycles. The zero-order valence-electron chi connectivity index (χ0n) is 16.9. The van der Waals surface area contributed by atoms with Crippen molar-refractivity contribution in [3.63, 3.8) is 0 Å². The van der Waals surface area contributed by atoms with Crippen LogP contribution in [0.3, 0.4) is 0 Å². The Hall–Kier alpha value is -1.74. The molecule has 0 spiro atoms. The van der Waals surface area contributed by atoms with Crippen LogP contribution in [0.4, 0.5) is 5.69 Å². The van der Waals surface area contributed by atoms with E-state index in [1.165, 1.54) is 15.8 Å². The number of anilines is 1. The maximum atomic E-state index is 12.1. The second-order valence-corrected chi connectivity index (χ2v) is 8.92. The Kier molecular flexibility index (Phi) is 6.34. The quantitative estimate of drug-likeness (QED) is 0.684. The summed E-state index contributed by atoms with van der Waals surface area (Å²) in [6.07, 6.45) is 3.08. The van der Waals surface area contributed by atoms with E-state index in [-0.39, 0.29) is 11.6 Å². The van der Waals surface area contributed by atoms with Crippen LogP contribution in [0.2, 0.25) is 0 Å². The van der Waals surface area contributed by atoms with Gasteiger partial charge in [-0.15, -0.1) is 0 Å². The molecule has 0 unspecified atom stereocenters. The Morgan fingerprint density at radius 2 is 2.00 bits per heavy atom. The predicted octanol–water partition coefficient (Wildman–Crippen LogP) is 1.93. The second-order valence-electron chi connectivity index (χ2n) is 8.13. The molecule has 4 rings (SSSR count). The van der Waals surface area contributed by atoms with Crippen LogP contribution in [-0.4, -0.2) is 60.1 Å². The van der Waals surface area contributed by atoms with Crippen molar-refractivity contribution in [3.8, 4) is 0 Å². The zero-order valence-corrected chi connectivity index (χ0v) is 18.5. The van der Waals surface area contributed by atoms with Crippen molar-refractivity contribution in [2.24, 2.45) is 7.05 Å². The summed E-state index contributed by atoms with van der Waals surface area (Å²) >= 11 is 3.41. The summed E-state index contributed by atoms with van der Waals surface area (Å²) in [5, 5.41) is 10.9. The van der Waals surface area contributed by atoms with Gasteiger partial charge in [0.2, 0.25) is 0 Å². The fraction of sp³-hybridized carbons (Fsp3) is 0.524. The van der Waals surface area contributed by atoms with Crippen molar-refractivity contribution in [2.75, 3.05) is 38.5 Å². The summed E-state index contributed by atoms with van der Waals surface area (Å²) in [4.78, 5) is 14.5. The molecule has 1 aromatic heterocycles. The molecule has 2 atom stereocenters. The minimum absolute atomic E-state index is 0.133. The lowest BCUT2D eigenvalue weighted by Crippen LogP contribution is -2.48. The van der Waals surface area contributed by atoms with E-state index in [0.717, 1.165) is 38.3 Å². The molecule has 0 radical (unpaired) electrons. The highest BCUT2D eigenvalue weighted by Gasteiger charge is 2.27. The van der Waals surface area contributed by atoms with Gasteiger partial charge in [0.05, 0.1) is 24.6 Å². The molecule has 2 N–H and O–H groups in total. The molecule has 0 saturated carbocycles. The number of hydrogen-bond acceptors (Lipinski definition) is 6. The van der Waals surface area contributed by atoms with Crippen LogP contribution in [0.1, 0.15) is 23.5 Å².